The first-order valence-electron chi connectivity index (χ1n) is 6.35. The van der Waals surface area contributed by atoms with Crippen molar-refractivity contribution < 1.29 is 9.72 Å². The number of carbonyl (C=O) groups excluding carboxylic acids is 1. The molecule has 0 saturated carbocycles. The van der Waals surface area contributed by atoms with Gasteiger partial charge in [-0.25, -0.2) is 0 Å². The lowest BCUT2D eigenvalue weighted by molar-refractivity contribution is -0.384. The van der Waals surface area contributed by atoms with Crippen molar-refractivity contribution in [2.45, 2.75) is 0 Å². The highest BCUT2D eigenvalue weighted by atomic mass is 16.6. The van der Waals surface area contributed by atoms with Gasteiger partial charge in [0.25, 0.3) is 11.6 Å². The van der Waals surface area contributed by atoms with E-state index in [4.69, 9.17) is 0 Å². The normalized spacial score (nSPS) is 11.0. The van der Waals surface area contributed by atoms with Crippen molar-refractivity contribution in [1.82, 2.24) is 5.32 Å². The summed E-state index contributed by atoms with van der Waals surface area (Å²) in [4.78, 5) is 22.4. The molecule has 0 atom stereocenters. The predicted octanol–water partition coefficient (Wildman–Crippen LogP) is 2.88. The van der Waals surface area contributed by atoms with E-state index in [0.29, 0.717) is 11.1 Å². The second kappa shape index (κ2) is 6.47. The van der Waals surface area contributed by atoms with Crippen molar-refractivity contribution in [1.29, 1.82) is 0 Å². The van der Waals surface area contributed by atoms with Crippen LogP contribution in [0.15, 0.2) is 54.6 Å². The maximum atomic E-state index is 12.0. The van der Waals surface area contributed by atoms with Crippen molar-refractivity contribution in [3.05, 3.63) is 75.8 Å². The summed E-state index contributed by atoms with van der Waals surface area (Å²) < 4.78 is 0. The lowest BCUT2D eigenvalue weighted by Gasteiger charge is -2.06. The number of benzene rings is 2. The molecule has 0 aliphatic heterocycles. The van der Waals surface area contributed by atoms with E-state index in [0.717, 1.165) is 5.56 Å². The summed E-state index contributed by atoms with van der Waals surface area (Å²) in [6, 6.07) is 15.3. The van der Waals surface area contributed by atoms with Gasteiger partial charge in [0.1, 0.15) is 0 Å². The smallest absolute Gasteiger partial charge is 0.270 e. The van der Waals surface area contributed by atoms with Crippen molar-refractivity contribution in [2.75, 3.05) is 7.05 Å². The van der Waals surface area contributed by atoms with Gasteiger partial charge >= 0.3 is 0 Å². The SMILES string of the molecule is CNC(=O)/C(=C/c1cccc([N+](=O)[O-])c1)c1ccccc1. The fourth-order valence-electron chi connectivity index (χ4n) is 1.93. The first kappa shape index (κ1) is 14.5. The Bertz CT molecular complexity index is 694. The minimum Gasteiger partial charge on any atom is -0.355 e. The van der Waals surface area contributed by atoms with Crippen LogP contribution in [0.5, 0.6) is 0 Å². The maximum Gasteiger partial charge on any atom is 0.270 e. The van der Waals surface area contributed by atoms with Crippen LogP contribution in [0.25, 0.3) is 11.6 Å². The minimum absolute atomic E-state index is 0.00642. The summed E-state index contributed by atoms with van der Waals surface area (Å²) in [6.07, 6.45) is 1.64. The number of nitro groups is 1. The molecule has 0 spiro atoms. The Morgan fingerprint density at radius 1 is 1.14 bits per heavy atom. The number of nitro benzene ring substituents is 1. The third-order valence-corrected chi connectivity index (χ3v) is 2.95. The highest BCUT2D eigenvalue weighted by Crippen LogP contribution is 2.21. The molecule has 0 aliphatic rings. The van der Waals surface area contributed by atoms with E-state index < -0.39 is 4.92 Å². The zero-order valence-electron chi connectivity index (χ0n) is 11.4. The van der Waals surface area contributed by atoms with Gasteiger partial charge < -0.3 is 5.32 Å². The quantitative estimate of drug-likeness (QED) is 0.405. The molecule has 5 nitrogen and oxygen atoms in total. The second-order valence-electron chi connectivity index (χ2n) is 4.36. The van der Waals surface area contributed by atoms with Crippen molar-refractivity contribution >= 4 is 23.2 Å². The number of nitrogens with one attached hydrogen (secondary N) is 1. The number of hydrogen-bond donors (Lipinski definition) is 1. The van der Waals surface area contributed by atoms with E-state index >= 15 is 0 Å². The Balaban J connectivity index is 2.49. The highest BCUT2D eigenvalue weighted by molar-refractivity contribution is 6.24. The number of carbonyl (C=O) groups is 1. The lowest BCUT2D eigenvalue weighted by Crippen LogP contribution is -2.19. The van der Waals surface area contributed by atoms with Gasteiger partial charge in [0.15, 0.2) is 0 Å². The Morgan fingerprint density at radius 3 is 2.48 bits per heavy atom. The molecule has 0 radical (unpaired) electrons. The third-order valence-electron chi connectivity index (χ3n) is 2.95. The molecule has 2 aromatic carbocycles. The highest BCUT2D eigenvalue weighted by Gasteiger charge is 2.11. The van der Waals surface area contributed by atoms with Crippen LogP contribution in [-0.2, 0) is 4.79 Å². The van der Waals surface area contributed by atoms with Crippen molar-refractivity contribution in [3.8, 4) is 0 Å². The predicted molar refractivity (Wildman–Crippen MR) is 81.5 cm³/mol. The Morgan fingerprint density at radius 2 is 1.86 bits per heavy atom. The number of non-ortho nitro benzene ring substituents is 1. The molecule has 2 rings (SSSR count). The van der Waals surface area contributed by atoms with Gasteiger partial charge in [0.2, 0.25) is 0 Å². The number of rotatable bonds is 4. The van der Waals surface area contributed by atoms with Crippen LogP contribution >= 0.6 is 0 Å². The first-order valence-corrected chi connectivity index (χ1v) is 6.35. The third kappa shape index (κ3) is 3.54. The molecule has 0 heterocycles. The van der Waals surface area contributed by atoms with E-state index in [-0.39, 0.29) is 11.6 Å². The van der Waals surface area contributed by atoms with Crippen LogP contribution in [-0.4, -0.2) is 17.9 Å². The molecule has 0 fully saturated rings. The summed E-state index contributed by atoms with van der Waals surface area (Å²) in [5, 5.41) is 13.4. The van der Waals surface area contributed by atoms with E-state index in [1.807, 2.05) is 30.3 Å². The number of amides is 1. The van der Waals surface area contributed by atoms with E-state index in [1.54, 1.807) is 25.3 Å². The van der Waals surface area contributed by atoms with Gasteiger partial charge in [0.05, 0.1) is 4.92 Å². The number of nitrogens with zero attached hydrogens (tertiary/aromatic N) is 1. The average Bonchev–Trinajstić information content (AvgIpc) is 2.53. The summed E-state index contributed by atoms with van der Waals surface area (Å²) >= 11 is 0. The van der Waals surface area contributed by atoms with Crippen LogP contribution < -0.4 is 5.32 Å². The van der Waals surface area contributed by atoms with Crippen molar-refractivity contribution in [2.24, 2.45) is 0 Å². The summed E-state index contributed by atoms with van der Waals surface area (Å²) in [7, 11) is 1.55. The van der Waals surface area contributed by atoms with Gasteiger partial charge in [-0.15, -0.1) is 0 Å². The van der Waals surface area contributed by atoms with Crippen LogP contribution in [0.3, 0.4) is 0 Å². The molecular weight excluding hydrogens is 268 g/mol. The summed E-state index contributed by atoms with van der Waals surface area (Å²) in [5.41, 5.74) is 1.81. The molecule has 0 unspecified atom stereocenters. The standard InChI is InChI=1S/C16H14N2O3/c1-17-16(19)15(13-7-3-2-4-8-13)11-12-6-5-9-14(10-12)18(20)21/h2-11H,1H3,(H,17,19)/b15-11+. The fourth-order valence-corrected chi connectivity index (χ4v) is 1.93. The molecule has 1 N–H and O–H groups in total. The van der Waals surface area contributed by atoms with Gasteiger partial charge in [-0.2, -0.15) is 0 Å². The zero-order chi connectivity index (χ0) is 15.2. The monoisotopic (exact) mass is 282 g/mol. The second-order valence-corrected chi connectivity index (χ2v) is 4.36. The van der Waals surface area contributed by atoms with E-state index in [1.165, 1.54) is 12.1 Å². The minimum atomic E-state index is -0.459. The molecular formula is C16H14N2O3. The molecule has 0 saturated heterocycles. The van der Waals surface area contributed by atoms with Crippen LogP contribution in [0.2, 0.25) is 0 Å². The van der Waals surface area contributed by atoms with Crippen LogP contribution in [0.4, 0.5) is 5.69 Å². The van der Waals surface area contributed by atoms with Gasteiger partial charge in [0, 0.05) is 24.8 Å². The number of hydrogen-bond acceptors (Lipinski definition) is 3. The van der Waals surface area contributed by atoms with Gasteiger partial charge in [-0.3, -0.25) is 14.9 Å². The maximum absolute atomic E-state index is 12.0. The Hall–Kier alpha value is -2.95. The van der Waals surface area contributed by atoms with E-state index in [9.17, 15) is 14.9 Å². The Labute approximate surface area is 122 Å². The first-order chi connectivity index (χ1) is 10.1. The average molecular weight is 282 g/mol. The van der Waals surface area contributed by atoms with Crippen LogP contribution in [0, 0.1) is 10.1 Å². The topological polar surface area (TPSA) is 72.2 Å². The molecule has 0 aliphatic carbocycles. The fraction of sp³-hybridized carbons (Fsp3) is 0.0625. The molecule has 5 heteroatoms. The molecule has 106 valence electrons. The molecule has 0 aromatic heterocycles. The molecule has 2 aromatic rings. The molecule has 21 heavy (non-hydrogen) atoms. The summed E-state index contributed by atoms with van der Waals surface area (Å²) in [6.45, 7) is 0. The zero-order valence-corrected chi connectivity index (χ0v) is 11.4. The molecule has 0 bridgehead atoms. The lowest BCUT2D eigenvalue weighted by atomic mass is 10.0. The van der Waals surface area contributed by atoms with Gasteiger partial charge in [-0.05, 0) is 17.2 Å². The number of likely N-dealkylation sites (N-methyl/N-ethyl adjacent to an activating group) is 1. The van der Waals surface area contributed by atoms with Crippen molar-refractivity contribution in [3.63, 3.8) is 0 Å². The largest absolute Gasteiger partial charge is 0.355 e. The molecule has 1 amide bonds. The van der Waals surface area contributed by atoms with E-state index in [2.05, 4.69) is 5.32 Å². The summed E-state index contributed by atoms with van der Waals surface area (Å²) in [5.74, 6) is -0.243. The van der Waals surface area contributed by atoms with Gasteiger partial charge in [-0.1, -0.05) is 42.5 Å². The van der Waals surface area contributed by atoms with Crippen LogP contribution in [0.1, 0.15) is 11.1 Å². The Kier molecular flexibility index (Phi) is 4.46.